The van der Waals surface area contributed by atoms with E-state index in [1.807, 2.05) is 22.9 Å². The molecule has 1 fully saturated rings. The maximum absolute atomic E-state index is 13.9. The fourth-order valence-electron chi connectivity index (χ4n) is 4.54. The van der Waals surface area contributed by atoms with Crippen molar-refractivity contribution in [2.75, 3.05) is 18.8 Å². The number of piperidine rings is 1. The van der Waals surface area contributed by atoms with E-state index < -0.39 is 15.8 Å². The number of pyridine rings is 1. The molecule has 1 atom stereocenters. The summed E-state index contributed by atoms with van der Waals surface area (Å²) in [4.78, 5) is 5.60. The molecule has 184 valence electrons. The highest BCUT2D eigenvalue weighted by Gasteiger charge is 2.25. The number of aromatic nitrogens is 3. The van der Waals surface area contributed by atoms with Gasteiger partial charge in [0.1, 0.15) is 22.2 Å². The van der Waals surface area contributed by atoms with Crippen molar-refractivity contribution in [3.05, 3.63) is 72.2 Å². The Morgan fingerprint density at radius 2 is 1.94 bits per heavy atom. The summed E-state index contributed by atoms with van der Waals surface area (Å²) in [6.07, 6.45) is 5.67. The normalized spacial score (nSPS) is 16.2. The first kappa shape index (κ1) is 23.7. The molecule has 36 heavy (non-hydrogen) atoms. The third-order valence-corrected chi connectivity index (χ3v) is 7.79. The Hall–Kier alpha value is -4.01. The van der Waals surface area contributed by atoms with Gasteiger partial charge < -0.3 is 10.6 Å². The van der Waals surface area contributed by atoms with Crippen LogP contribution in [0.5, 0.6) is 0 Å². The number of hydrogen-bond acceptors (Lipinski definition) is 7. The van der Waals surface area contributed by atoms with Gasteiger partial charge in [-0.25, -0.2) is 22.5 Å². The van der Waals surface area contributed by atoms with Gasteiger partial charge in [0.05, 0.1) is 23.5 Å². The largest absolute Gasteiger partial charge is 0.383 e. The number of nitriles is 1. The molecule has 0 unspecified atom stereocenters. The summed E-state index contributed by atoms with van der Waals surface area (Å²) in [5.74, 6) is -0.437. The average Bonchev–Trinajstić information content (AvgIpc) is 3.29. The van der Waals surface area contributed by atoms with Crippen molar-refractivity contribution >= 4 is 26.7 Å². The number of likely N-dealkylation sites (tertiary alicyclic amines) is 1. The van der Waals surface area contributed by atoms with Crippen molar-refractivity contribution in [1.82, 2.24) is 24.4 Å². The third-order valence-electron chi connectivity index (χ3n) is 6.35. The molecule has 0 aliphatic carbocycles. The number of fused-ring (bicyclic) bond motifs is 1. The second kappa shape index (κ2) is 9.56. The molecule has 0 saturated carbocycles. The van der Waals surface area contributed by atoms with E-state index in [0.29, 0.717) is 23.6 Å². The summed E-state index contributed by atoms with van der Waals surface area (Å²) >= 11 is 0. The van der Waals surface area contributed by atoms with Crippen LogP contribution in [0.25, 0.3) is 22.2 Å². The topological polar surface area (TPSA) is 130 Å². The Balaban J connectivity index is 1.42. The van der Waals surface area contributed by atoms with Crippen LogP contribution < -0.4 is 10.5 Å². The molecule has 2 aromatic heterocycles. The molecule has 11 heteroatoms. The number of anilines is 1. The van der Waals surface area contributed by atoms with E-state index in [2.05, 4.69) is 15.9 Å². The molecule has 3 N–H and O–H groups in total. The molecular formula is C25H24FN7O2S. The smallest absolute Gasteiger partial charge is 0.243 e. The van der Waals surface area contributed by atoms with Gasteiger partial charge in [-0.3, -0.25) is 4.68 Å². The monoisotopic (exact) mass is 505 g/mol. The minimum absolute atomic E-state index is 0.00188. The molecule has 3 heterocycles. The van der Waals surface area contributed by atoms with Crippen LogP contribution in [0.15, 0.2) is 65.7 Å². The molecule has 9 nitrogen and oxygen atoms in total. The molecule has 5 rings (SSSR count). The number of sulfonamides is 1. The van der Waals surface area contributed by atoms with Crippen LogP contribution in [0.1, 0.15) is 24.4 Å². The predicted molar refractivity (Wildman–Crippen MR) is 133 cm³/mol. The molecule has 2 aromatic carbocycles. The zero-order chi connectivity index (χ0) is 25.3. The van der Waals surface area contributed by atoms with E-state index >= 15 is 0 Å². The predicted octanol–water partition coefficient (Wildman–Crippen LogP) is 3.42. The van der Waals surface area contributed by atoms with Crippen molar-refractivity contribution in [2.45, 2.75) is 30.3 Å². The van der Waals surface area contributed by atoms with E-state index in [-0.39, 0.29) is 17.5 Å². The fourth-order valence-corrected chi connectivity index (χ4v) is 5.63. The van der Waals surface area contributed by atoms with Crippen LogP contribution in [0.3, 0.4) is 0 Å². The highest BCUT2D eigenvalue weighted by atomic mass is 32.2. The second-order valence-electron chi connectivity index (χ2n) is 8.68. The Labute approximate surface area is 208 Å². The van der Waals surface area contributed by atoms with Gasteiger partial charge in [0.2, 0.25) is 10.0 Å². The first-order valence-electron chi connectivity index (χ1n) is 11.5. The minimum atomic E-state index is -3.99. The molecule has 0 bridgehead atoms. The van der Waals surface area contributed by atoms with Gasteiger partial charge in [0.25, 0.3) is 0 Å². The van der Waals surface area contributed by atoms with Crippen molar-refractivity contribution in [3.63, 3.8) is 0 Å². The number of rotatable bonds is 6. The van der Waals surface area contributed by atoms with Crippen LogP contribution in [0.4, 0.5) is 10.2 Å². The molecule has 0 radical (unpaired) electrons. The van der Waals surface area contributed by atoms with Gasteiger partial charge in [0, 0.05) is 24.8 Å². The molecule has 1 saturated heterocycles. The van der Waals surface area contributed by atoms with E-state index in [9.17, 15) is 18.1 Å². The molecular weight excluding hydrogens is 481 g/mol. The maximum atomic E-state index is 13.9. The van der Waals surface area contributed by atoms with E-state index in [1.54, 1.807) is 23.2 Å². The summed E-state index contributed by atoms with van der Waals surface area (Å²) in [6, 6.07) is 14.4. The number of benzene rings is 2. The zero-order valence-corrected chi connectivity index (χ0v) is 20.1. The summed E-state index contributed by atoms with van der Waals surface area (Å²) < 4.78 is 43.3. The van der Waals surface area contributed by atoms with E-state index in [0.717, 1.165) is 41.9 Å². The molecule has 1 aliphatic heterocycles. The van der Waals surface area contributed by atoms with Gasteiger partial charge >= 0.3 is 0 Å². The highest BCUT2D eigenvalue weighted by molar-refractivity contribution is 7.89. The number of nitrogens with two attached hydrogens (primary N) is 1. The van der Waals surface area contributed by atoms with Gasteiger partial charge in [-0.05, 0) is 36.6 Å². The molecule has 0 amide bonds. The van der Waals surface area contributed by atoms with Gasteiger partial charge in [0.15, 0.2) is 6.19 Å². The van der Waals surface area contributed by atoms with Gasteiger partial charge in [-0.1, -0.05) is 36.4 Å². The van der Waals surface area contributed by atoms with Crippen molar-refractivity contribution < 1.29 is 12.8 Å². The Morgan fingerprint density at radius 3 is 2.69 bits per heavy atom. The van der Waals surface area contributed by atoms with Crippen molar-refractivity contribution in [2.24, 2.45) is 0 Å². The minimum Gasteiger partial charge on any atom is -0.383 e. The van der Waals surface area contributed by atoms with E-state index in [4.69, 9.17) is 10.8 Å². The summed E-state index contributed by atoms with van der Waals surface area (Å²) in [5, 5.41) is 15.0. The van der Waals surface area contributed by atoms with Gasteiger partial charge in [-0.2, -0.15) is 10.4 Å². The highest BCUT2D eigenvalue weighted by Crippen LogP contribution is 2.34. The van der Waals surface area contributed by atoms with Gasteiger partial charge in [-0.15, -0.1) is 0 Å². The lowest BCUT2D eigenvalue weighted by Crippen LogP contribution is -2.33. The lowest BCUT2D eigenvalue weighted by molar-refractivity contribution is 0.237. The number of halogens is 1. The van der Waals surface area contributed by atoms with Crippen molar-refractivity contribution in [3.8, 4) is 17.5 Å². The fraction of sp³-hybridized carbons (Fsp3) is 0.240. The number of nitrogen functional groups attached to an aromatic ring is 1. The zero-order valence-electron chi connectivity index (χ0n) is 19.3. The summed E-state index contributed by atoms with van der Waals surface area (Å²) in [7, 11) is -3.99. The Kier molecular flexibility index (Phi) is 6.30. The standard InChI is InChI=1S/C25H24FN7O2S/c26-20-5-1-2-6-22(20)36(34,35)30-14-17-7-9-18(10-8-17)24-23-21(11-12-29-25(23)28)33(31-24)19-4-3-13-32(15-19)16-27/h1-2,5-12,19,30H,3-4,13-15H2,(H2,28,29)/t19-/m1/s1. The SMILES string of the molecule is N#CN1CCC[C@@H](n2nc(-c3ccc(CNS(=O)(=O)c4ccccc4F)cc3)c3c(N)nccc32)C1. The average molecular weight is 506 g/mol. The Bertz CT molecular complexity index is 1560. The first-order valence-corrected chi connectivity index (χ1v) is 13.0. The molecule has 1 aliphatic rings. The lowest BCUT2D eigenvalue weighted by atomic mass is 10.1. The molecule has 0 spiro atoms. The third kappa shape index (κ3) is 4.48. The number of nitrogens with zero attached hydrogens (tertiary/aromatic N) is 5. The van der Waals surface area contributed by atoms with E-state index in [1.165, 1.54) is 18.2 Å². The van der Waals surface area contributed by atoms with Crippen LogP contribution in [-0.2, 0) is 16.6 Å². The quantitative estimate of drug-likeness (QED) is 0.384. The van der Waals surface area contributed by atoms with Crippen molar-refractivity contribution in [1.29, 1.82) is 5.26 Å². The maximum Gasteiger partial charge on any atom is 0.243 e. The van der Waals surface area contributed by atoms with Crippen LogP contribution in [-0.4, -0.2) is 41.2 Å². The van der Waals surface area contributed by atoms with Crippen LogP contribution in [0.2, 0.25) is 0 Å². The second-order valence-corrected chi connectivity index (χ2v) is 10.4. The van der Waals surface area contributed by atoms with Crippen LogP contribution in [0, 0.1) is 17.3 Å². The summed E-state index contributed by atoms with van der Waals surface area (Å²) in [6.45, 7) is 1.32. The number of hydrogen-bond donors (Lipinski definition) is 2. The molecule has 4 aromatic rings. The Morgan fingerprint density at radius 1 is 1.17 bits per heavy atom. The lowest BCUT2D eigenvalue weighted by Gasteiger charge is -2.29. The summed E-state index contributed by atoms with van der Waals surface area (Å²) in [5.41, 5.74) is 9.27. The number of nitrogens with one attached hydrogen (secondary N) is 1. The van der Waals surface area contributed by atoms with Crippen LogP contribution >= 0.6 is 0 Å². The first-order chi connectivity index (χ1) is 17.4.